The van der Waals surface area contributed by atoms with E-state index in [9.17, 15) is 9.18 Å². The van der Waals surface area contributed by atoms with E-state index in [1.54, 1.807) is 11.0 Å². The molecule has 1 aliphatic rings. The molecule has 2 heterocycles. The van der Waals surface area contributed by atoms with E-state index in [4.69, 9.17) is 0 Å². The summed E-state index contributed by atoms with van der Waals surface area (Å²) < 4.78 is 13.8. The van der Waals surface area contributed by atoms with E-state index in [0.29, 0.717) is 43.6 Å². The number of anilines is 1. The van der Waals surface area contributed by atoms with Gasteiger partial charge in [0.05, 0.1) is 0 Å². The second kappa shape index (κ2) is 6.13. The highest BCUT2D eigenvalue weighted by Gasteiger charge is 2.23. The first kappa shape index (κ1) is 14.5. The van der Waals surface area contributed by atoms with Crippen LogP contribution in [0.5, 0.6) is 0 Å². The summed E-state index contributed by atoms with van der Waals surface area (Å²) in [6.07, 6.45) is 1.39. The van der Waals surface area contributed by atoms with Crippen LogP contribution in [0.2, 0.25) is 0 Å². The van der Waals surface area contributed by atoms with Gasteiger partial charge in [-0.15, -0.1) is 0 Å². The average Bonchev–Trinajstić information content (AvgIpc) is 2.55. The van der Waals surface area contributed by atoms with E-state index in [-0.39, 0.29) is 11.8 Å². The number of nitrogens with one attached hydrogen (secondary N) is 1. The fourth-order valence-corrected chi connectivity index (χ4v) is 2.67. The summed E-state index contributed by atoms with van der Waals surface area (Å²) in [7, 11) is 0. The molecule has 116 valence electrons. The smallest absolute Gasteiger partial charge is 0.317 e. The van der Waals surface area contributed by atoms with Crippen LogP contribution < -0.4 is 10.2 Å². The van der Waals surface area contributed by atoms with Gasteiger partial charge in [0.1, 0.15) is 23.5 Å². The van der Waals surface area contributed by atoms with Crippen molar-refractivity contribution < 1.29 is 9.18 Å². The van der Waals surface area contributed by atoms with Gasteiger partial charge in [-0.2, -0.15) is 0 Å². The number of amides is 2. The van der Waals surface area contributed by atoms with E-state index in [1.165, 1.54) is 12.4 Å². The van der Waals surface area contributed by atoms with Gasteiger partial charge in [0.25, 0.3) is 0 Å². The summed E-state index contributed by atoms with van der Waals surface area (Å²) >= 11 is 0. The number of rotatable bonds is 2. The summed E-state index contributed by atoms with van der Waals surface area (Å²) in [5.41, 5.74) is 0.332. The third-order valence-electron chi connectivity index (χ3n) is 3.79. The Balaban J connectivity index is 1.80. The molecule has 1 N–H and O–H groups in total. The molecular weight excluding hydrogens is 285 g/mol. The predicted octanol–water partition coefficient (Wildman–Crippen LogP) is 1.62. The monoisotopic (exact) mass is 303 g/mol. The van der Waals surface area contributed by atoms with Gasteiger partial charge in [-0.3, -0.25) is 0 Å². The van der Waals surface area contributed by atoms with Crippen LogP contribution in [0.4, 0.5) is 15.0 Å². The summed E-state index contributed by atoms with van der Waals surface area (Å²) in [5, 5.41) is 3.50. The molecule has 0 unspecified atom stereocenters. The Bertz CT molecular complexity index is 685. The van der Waals surface area contributed by atoms with Crippen molar-refractivity contribution in [3.05, 3.63) is 30.3 Å². The normalized spacial score (nSPS) is 15.2. The SMILES string of the molecule is CCNC(=O)N1CCN(c2ncnc3c(F)cccc23)CC1. The number of hydrogen-bond acceptors (Lipinski definition) is 4. The van der Waals surface area contributed by atoms with E-state index >= 15 is 0 Å². The first-order chi connectivity index (χ1) is 10.7. The largest absolute Gasteiger partial charge is 0.352 e. The van der Waals surface area contributed by atoms with Crippen molar-refractivity contribution in [3.8, 4) is 0 Å². The van der Waals surface area contributed by atoms with Gasteiger partial charge in [-0.25, -0.2) is 19.2 Å². The number of nitrogens with zero attached hydrogens (tertiary/aromatic N) is 4. The maximum absolute atomic E-state index is 13.8. The molecule has 7 heteroatoms. The fourth-order valence-electron chi connectivity index (χ4n) is 2.67. The zero-order chi connectivity index (χ0) is 15.5. The average molecular weight is 303 g/mol. The number of halogens is 1. The number of fused-ring (bicyclic) bond motifs is 1. The number of carbonyl (C=O) groups excluding carboxylic acids is 1. The van der Waals surface area contributed by atoms with Crippen LogP contribution >= 0.6 is 0 Å². The van der Waals surface area contributed by atoms with E-state index in [2.05, 4.69) is 20.2 Å². The molecule has 1 aliphatic heterocycles. The Kier molecular flexibility index (Phi) is 4.04. The Hall–Kier alpha value is -2.44. The lowest BCUT2D eigenvalue weighted by molar-refractivity contribution is 0.195. The number of piperazine rings is 1. The first-order valence-electron chi connectivity index (χ1n) is 7.37. The third kappa shape index (κ3) is 2.66. The topological polar surface area (TPSA) is 61.4 Å². The molecule has 1 aromatic carbocycles. The molecule has 3 rings (SSSR count). The molecule has 2 amide bonds. The minimum Gasteiger partial charge on any atom is -0.352 e. The molecule has 6 nitrogen and oxygen atoms in total. The number of carbonyl (C=O) groups is 1. The zero-order valence-electron chi connectivity index (χ0n) is 12.4. The van der Waals surface area contributed by atoms with Crippen LogP contribution in [0.25, 0.3) is 10.9 Å². The van der Waals surface area contributed by atoms with Crippen molar-refractivity contribution in [3.63, 3.8) is 0 Å². The van der Waals surface area contributed by atoms with Gasteiger partial charge in [0, 0.05) is 38.1 Å². The Labute approximate surface area is 127 Å². The maximum Gasteiger partial charge on any atom is 0.317 e. The predicted molar refractivity (Wildman–Crippen MR) is 82.4 cm³/mol. The van der Waals surface area contributed by atoms with Crippen LogP contribution in [0.15, 0.2) is 24.5 Å². The van der Waals surface area contributed by atoms with E-state index < -0.39 is 0 Å². The lowest BCUT2D eigenvalue weighted by Crippen LogP contribution is -2.52. The molecule has 0 spiro atoms. The molecule has 22 heavy (non-hydrogen) atoms. The minimum atomic E-state index is -0.345. The van der Waals surface area contributed by atoms with E-state index in [1.807, 2.05) is 13.0 Å². The molecule has 0 aliphatic carbocycles. The van der Waals surface area contributed by atoms with Crippen LogP contribution in [0.1, 0.15) is 6.92 Å². The molecule has 1 saturated heterocycles. The summed E-state index contributed by atoms with van der Waals surface area (Å²) in [6.45, 7) is 5.09. The highest BCUT2D eigenvalue weighted by atomic mass is 19.1. The van der Waals surface area contributed by atoms with Gasteiger partial charge < -0.3 is 15.1 Å². The molecular formula is C15H18FN5O. The van der Waals surface area contributed by atoms with Crippen molar-refractivity contribution in [1.29, 1.82) is 0 Å². The number of para-hydroxylation sites is 1. The quantitative estimate of drug-likeness (QED) is 0.916. The van der Waals surface area contributed by atoms with Crippen molar-refractivity contribution in [2.45, 2.75) is 6.92 Å². The number of hydrogen-bond donors (Lipinski definition) is 1. The van der Waals surface area contributed by atoms with Crippen LogP contribution in [-0.4, -0.2) is 53.6 Å². The van der Waals surface area contributed by atoms with Crippen LogP contribution in [0.3, 0.4) is 0 Å². The minimum absolute atomic E-state index is 0.0410. The van der Waals surface area contributed by atoms with Crippen LogP contribution in [-0.2, 0) is 0 Å². The molecule has 0 bridgehead atoms. The summed E-state index contributed by atoms with van der Waals surface area (Å²) in [4.78, 5) is 24.0. The lowest BCUT2D eigenvalue weighted by Gasteiger charge is -2.35. The summed E-state index contributed by atoms with van der Waals surface area (Å²) in [6, 6.07) is 4.84. The van der Waals surface area contributed by atoms with Crippen molar-refractivity contribution in [2.24, 2.45) is 0 Å². The second-order valence-corrected chi connectivity index (χ2v) is 5.14. The Morgan fingerprint density at radius 1 is 1.27 bits per heavy atom. The van der Waals surface area contributed by atoms with Gasteiger partial charge in [0.2, 0.25) is 0 Å². The Morgan fingerprint density at radius 3 is 2.77 bits per heavy atom. The molecule has 0 saturated carbocycles. The molecule has 1 aromatic heterocycles. The molecule has 0 radical (unpaired) electrons. The maximum atomic E-state index is 13.8. The van der Waals surface area contributed by atoms with Crippen molar-refractivity contribution in [2.75, 3.05) is 37.6 Å². The van der Waals surface area contributed by atoms with Crippen molar-refractivity contribution >= 4 is 22.8 Å². The highest BCUT2D eigenvalue weighted by molar-refractivity contribution is 5.89. The van der Waals surface area contributed by atoms with Gasteiger partial charge >= 0.3 is 6.03 Å². The molecule has 2 aromatic rings. The van der Waals surface area contributed by atoms with Crippen molar-refractivity contribution in [1.82, 2.24) is 20.2 Å². The standard InChI is InChI=1S/C15H18FN5O/c1-2-17-15(22)21-8-6-20(7-9-21)14-11-4-3-5-12(16)13(11)18-10-19-14/h3-5,10H,2,6-9H2,1H3,(H,17,22). The third-order valence-corrected chi connectivity index (χ3v) is 3.79. The molecule has 0 atom stereocenters. The second-order valence-electron chi connectivity index (χ2n) is 5.14. The zero-order valence-corrected chi connectivity index (χ0v) is 12.4. The molecule has 1 fully saturated rings. The summed E-state index contributed by atoms with van der Waals surface area (Å²) in [5.74, 6) is 0.377. The Morgan fingerprint density at radius 2 is 2.05 bits per heavy atom. The highest BCUT2D eigenvalue weighted by Crippen LogP contribution is 2.25. The van der Waals surface area contributed by atoms with Crippen LogP contribution in [0, 0.1) is 5.82 Å². The fraction of sp³-hybridized carbons (Fsp3) is 0.400. The van der Waals surface area contributed by atoms with Gasteiger partial charge in [-0.1, -0.05) is 6.07 Å². The lowest BCUT2D eigenvalue weighted by atomic mass is 10.2. The number of urea groups is 1. The van der Waals surface area contributed by atoms with Gasteiger partial charge in [-0.05, 0) is 19.1 Å². The van der Waals surface area contributed by atoms with Gasteiger partial charge in [0.15, 0.2) is 0 Å². The first-order valence-corrected chi connectivity index (χ1v) is 7.37. The van der Waals surface area contributed by atoms with E-state index in [0.717, 1.165) is 5.82 Å². The number of aromatic nitrogens is 2. The number of benzene rings is 1.